The van der Waals surface area contributed by atoms with Gasteiger partial charge in [-0.05, 0) is 42.3 Å². The molecule has 0 radical (unpaired) electrons. The van der Waals surface area contributed by atoms with Gasteiger partial charge in [0.05, 0.1) is 34.3 Å². The molecule has 3 aromatic heterocycles. The van der Waals surface area contributed by atoms with Crippen LogP contribution in [0.3, 0.4) is 0 Å². The van der Waals surface area contributed by atoms with Crippen molar-refractivity contribution in [3.63, 3.8) is 0 Å². The number of nitrogens with zero attached hydrogens (tertiary/aromatic N) is 4. The number of fused-ring (bicyclic) bond motifs is 4. The first-order valence-corrected chi connectivity index (χ1v) is 11.7. The van der Waals surface area contributed by atoms with Crippen molar-refractivity contribution in [3.05, 3.63) is 82.9 Å². The number of carbonyl (C=O) groups excluding carboxylic acids is 1. The Balaban J connectivity index is 1.68. The molecule has 2 N–H and O–H groups in total. The number of benzene rings is 2. The van der Waals surface area contributed by atoms with Crippen LogP contribution in [-0.2, 0) is 19.6 Å². The number of pyridine rings is 1. The molecule has 6 nitrogen and oxygen atoms in total. The number of aryl methyl sites for hydroxylation is 1. The van der Waals surface area contributed by atoms with Gasteiger partial charge < -0.3 is 19.6 Å². The van der Waals surface area contributed by atoms with Gasteiger partial charge in [-0.15, -0.1) is 0 Å². The largest absolute Gasteiger partial charge is 0.417 e. The average molecular weight is 525 g/mol. The van der Waals surface area contributed by atoms with E-state index in [0.29, 0.717) is 40.8 Å². The number of rotatable bonds is 2. The van der Waals surface area contributed by atoms with Crippen molar-refractivity contribution in [2.45, 2.75) is 12.6 Å². The third kappa shape index (κ3) is 3.37. The van der Waals surface area contributed by atoms with Gasteiger partial charge >= 0.3 is 6.18 Å². The Morgan fingerprint density at radius 2 is 1.79 bits per heavy atom. The summed E-state index contributed by atoms with van der Waals surface area (Å²) in [5.41, 5.74) is 6.03. The maximum atomic E-state index is 14.5. The van der Waals surface area contributed by atoms with Crippen molar-refractivity contribution >= 4 is 33.7 Å². The first kappa shape index (κ1) is 24.0. The number of carbonyl (C=O) groups is 1. The predicted octanol–water partition coefficient (Wildman–Crippen LogP) is 5.60. The van der Waals surface area contributed by atoms with E-state index in [9.17, 15) is 26.7 Å². The molecule has 5 aromatic rings. The number of alkyl halides is 3. The van der Waals surface area contributed by atoms with Gasteiger partial charge in [0.15, 0.2) is 0 Å². The summed E-state index contributed by atoms with van der Waals surface area (Å²) in [5.74, 6) is -2.83. The number of hydrogen-bond acceptors (Lipinski definition) is 4. The maximum absolute atomic E-state index is 14.5. The maximum Gasteiger partial charge on any atom is 0.417 e. The number of hydrogen-bond donors (Lipinski definition) is 1. The second kappa shape index (κ2) is 8.04. The number of ketones is 1. The summed E-state index contributed by atoms with van der Waals surface area (Å²) in [6.07, 6.45) is -1.25. The lowest BCUT2D eigenvalue weighted by Gasteiger charge is -2.28. The molecule has 4 heterocycles. The number of nitrogen functional groups attached to an aromatic ring is 1. The monoisotopic (exact) mass is 525 g/mol. The summed E-state index contributed by atoms with van der Waals surface area (Å²) in [5, 5.41) is 0. The van der Waals surface area contributed by atoms with Gasteiger partial charge in [0.2, 0.25) is 5.78 Å². The Morgan fingerprint density at radius 3 is 2.47 bits per heavy atom. The van der Waals surface area contributed by atoms with Crippen LogP contribution in [0, 0.1) is 11.6 Å². The lowest BCUT2D eigenvalue weighted by Crippen LogP contribution is -2.24. The summed E-state index contributed by atoms with van der Waals surface area (Å²) >= 11 is 0. The van der Waals surface area contributed by atoms with Crippen LogP contribution in [-0.4, -0.2) is 33.3 Å². The Bertz CT molecular complexity index is 1780. The molecule has 0 fully saturated rings. The van der Waals surface area contributed by atoms with Crippen LogP contribution in [0.15, 0.2) is 48.9 Å². The highest BCUT2D eigenvalue weighted by atomic mass is 19.4. The Morgan fingerprint density at radius 1 is 1.08 bits per heavy atom. The van der Waals surface area contributed by atoms with Crippen LogP contribution < -0.4 is 10.6 Å². The molecule has 38 heavy (non-hydrogen) atoms. The van der Waals surface area contributed by atoms with E-state index in [1.165, 1.54) is 10.7 Å². The lowest BCUT2D eigenvalue weighted by molar-refractivity contribution is -0.137. The van der Waals surface area contributed by atoms with E-state index in [-0.39, 0.29) is 22.4 Å². The number of likely N-dealkylation sites (N-methyl/N-ethyl adjacent to an activating group) is 1. The molecule has 0 amide bonds. The molecule has 0 bridgehead atoms. The van der Waals surface area contributed by atoms with Crippen molar-refractivity contribution in [1.29, 1.82) is 0 Å². The van der Waals surface area contributed by atoms with Crippen LogP contribution in [0.4, 0.5) is 33.3 Å². The van der Waals surface area contributed by atoms with Gasteiger partial charge in [0, 0.05) is 43.5 Å². The smallest absolute Gasteiger partial charge is 0.394 e. The number of imidazole rings is 1. The van der Waals surface area contributed by atoms with Crippen molar-refractivity contribution in [3.8, 4) is 11.1 Å². The molecular formula is C27H20F5N5O. The van der Waals surface area contributed by atoms with Crippen LogP contribution in [0.5, 0.6) is 0 Å². The van der Waals surface area contributed by atoms with Crippen molar-refractivity contribution in [2.24, 2.45) is 7.05 Å². The SMILES string of the molecule is CN1CCc2cc(C(=O)c3cc(F)c(N)c(F)c3)n3cccc(c23)-c2c(C(F)(F)F)cc3c(ncn3C)c21. The Hall–Kier alpha value is -4.41. The summed E-state index contributed by atoms with van der Waals surface area (Å²) < 4.78 is 74.9. The minimum Gasteiger partial charge on any atom is -0.394 e. The van der Waals surface area contributed by atoms with Gasteiger partial charge in [0.25, 0.3) is 0 Å². The third-order valence-electron chi connectivity index (χ3n) is 7.11. The molecule has 0 spiro atoms. The van der Waals surface area contributed by atoms with E-state index in [2.05, 4.69) is 4.98 Å². The molecule has 0 saturated heterocycles. The van der Waals surface area contributed by atoms with Gasteiger partial charge in [-0.25, -0.2) is 13.8 Å². The molecule has 1 aliphatic rings. The molecule has 0 aliphatic carbocycles. The molecule has 1 aliphatic heterocycles. The molecular weight excluding hydrogens is 505 g/mol. The third-order valence-corrected chi connectivity index (χ3v) is 7.11. The Kier molecular flexibility index (Phi) is 5.07. The fraction of sp³-hybridized carbons (Fsp3) is 0.185. The van der Waals surface area contributed by atoms with E-state index >= 15 is 0 Å². The highest BCUT2D eigenvalue weighted by Gasteiger charge is 2.38. The average Bonchev–Trinajstić information content (AvgIpc) is 3.43. The summed E-state index contributed by atoms with van der Waals surface area (Å²) in [4.78, 5) is 19.6. The Labute approximate surface area is 212 Å². The standard InChI is InChI=1S/C27H20F5N5O/c1-35-7-5-13-10-20(26(38)14-8-17(28)22(33)18(29)9-14)37-6-3-4-15(24(13)37)21-16(27(30,31)32)11-19-23(25(21)35)34-12-36(19)2/h3-4,6,8-12H,5,7,33H2,1-2H3. The highest BCUT2D eigenvalue weighted by molar-refractivity contribution is 6.10. The molecule has 2 aromatic carbocycles. The summed E-state index contributed by atoms with van der Waals surface area (Å²) in [6, 6.07) is 7.49. The number of anilines is 2. The zero-order valence-electron chi connectivity index (χ0n) is 20.2. The second-order valence-electron chi connectivity index (χ2n) is 9.42. The van der Waals surface area contributed by atoms with Gasteiger partial charge in [-0.1, -0.05) is 6.07 Å². The van der Waals surface area contributed by atoms with E-state index in [4.69, 9.17) is 5.73 Å². The second-order valence-corrected chi connectivity index (χ2v) is 9.42. The molecule has 194 valence electrons. The van der Waals surface area contributed by atoms with E-state index in [0.717, 1.165) is 18.2 Å². The van der Waals surface area contributed by atoms with E-state index in [1.54, 1.807) is 48.0 Å². The van der Waals surface area contributed by atoms with Crippen LogP contribution in [0.25, 0.3) is 27.7 Å². The molecule has 0 atom stereocenters. The normalized spacial score (nSPS) is 13.6. The van der Waals surface area contributed by atoms with Crippen molar-refractivity contribution in [1.82, 2.24) is 14.0 Å². The summed E-state index contributed by atoms with van der Waals surface area (Å²) in [7, 11) is 3.34. The first-order chi connectivity index (χ1) is 18.0. The zero-order chi connectivity index (χ0) is 27.1. The zero-order valence-corrected chi connectivity index (χ0v) is 20.2. The van der Waals surface area contributed by atoms with E-state index in [1.807, 2.05) is 0 Å². The molecule has 6 rings (SSSR count). The molecule has 11 heteroatoms. The first-order valence-electron chi connectivity index (χ1n) is 11.7. The number of halogens is 5. The van der Waals surface area contributed by atoms with E-state index < -0.39 is 34.8 Å². The molecule has 0 saturated carbocycles. The number of aromatic nitrogens is 3. The van der Waals surface area contributed by atoms with Crippen LogP contribution >= 0.6 is 0 Å². The quantitative estimate of drug-likeness (QED) is 0.185. The number of nitrogens with two attached hydrogens (primary N) is 1. The van der Waals surface area contributed by atoms with Gasteiger partial charge in [-0.2, -0.15) is 13.2 Å². The fourth-order valence-electron chi connectivity index (χ4n) is 5.29. The van der Waals surface area contributed by atoms with Crippen LogP contribution in [0.2, 0.25) is 0 Å². The van der Waals surface area contributed by atoms with Crippen molar-refractivity contribution < 1.29 is 26.7 Å². The topological polar surface area (TPSA) is 68.6 Å². The minimum absolute atomic E-state index is 0.0422. The predicted molar refractivity (Wildman–Crippen MR) is 133 cm³/mol. The van der Waals surface area contributed by atoms with Crippen LogP contribution in [0.1, 0.15) is 27.2 Å². The molecule has 0 unspecified atom stereocenters. The lowest BCUT2D eigenvalue weighted by atomic mass is 9.92. The summed E-state index contributed by atoms with van der Waals surface area (Å²) in [6.45, 7) is 0.340. The van der Waals surface area contributed by atoms with Gasteiger partial charge in [0.1, 0.15) is 22.8 Å². The highest BCUT2D eigenvalue weighted by Crippen LogP contribution is 2.48. The fourth-order valence-corrected chi connectivity index (χ4v) is 5.29. The van der Waals surface area contributed by atoms with Gasteiger partial charge in [-0.3, -0.25) is 4.79 Å². The minimum atomic E-state index is -4.68. The van der Waals surface area contributed by atoms with Crippen molar-refractivity contribution in [2.75, 3.05) is 24.2 Å².